The van der Waals surface area contributed by atoms with E-state index < -0.39 is 0 Å². The Balaban J connectivity index is 2.22. The SMILES string of the molecule is CSc1nc(N)n2nc(-c3ccncc3C)nc2n1. The summed E-state index contributed by atoms with van der Waals surface area (Å²) in [6.45, 7) is 1.95. The molecule has 0 saturated carbocycles. The summed E-state index contributed by atoms with van der Waals surface area (Å²) in [6.07, 6.45) is 5.36. The lowest BCUT2D eigenvalue weighted by Gasteiger charge is -1.98. The summed E-state index contributed by atoms with van der Waals surface area (Å²) in [5.74, 6) is 1.29. The average Bonchev–Trinajstić information content (AvgIpc) is 2.83. The van der Waals surface area contributed by atoms with Crippen LogP contribution in [0.2, 0.25) is 0 Å². The first-order chi connectivity index (χ1) is 9.19. The first kappa shape index (κ1) is 11.8. The van der Waals surface area contributed by atoms with Gasteiger partial charge in [-0.25, -0.2) is 0 Å². The molecule has 0 bridgehead atoms. The zero-order chi connectivity index (χ0) is 13.4. The van der Waals surface area contributed by atoms with Crippen molar-refractivity contribution in [2.45, 2.75) is 12.1 Å². The maximum absolute atomic E-state index is 5.85. The number of aryl methyl sites for hydroxylation is 1. The van der Waals surface area contributed by atoms with E-state index in [1.807, 2.05) is 19.2 Å². The summed E-state index contributed by atoms with van der Waals surface area (Å²) in [4.78, 5) is 16.8. The molecule has 3 rings (SSSR count). The Hall–Kier alpha value is -2.22. The number of pyridine rings is 1. The summed E-state index contributed by atoms with van der Waals surface area (Å²) in [7, 11) is 0. The molecule has 3 heterocycles. The molecule has 3 aromatic rings. The number of nitrogens with two attached hydrogens (primary N) is 1. The Morgan fingerprint density at radius 2 is 2.11 bits per heavy atom. The molecule has 0 fully saturated rings. The molecular formula is C11H11N7S. The Morgan fingerprint density at radius 3 is 2.84 bits per heavy atom. The van der Waals surface area contributed by atoms with Crippen molar-refractivity contribution in [2.75, 3.05) is 12.0 Å². The van der Waals surface area contributed by atoms with Gasteiger partial charge in [-0.15, -0.1) is 5.10 Å². The highest BCUT2D eigenvalue weighted by Crippen LogP contribution is 2.20. The monoisotopic (exact) mass is 273 g/mol. The predicted octanol–water partition coefficient (Wildman–Crippen LogP) is 1.19. The normalized spacial score (nSPS) is 11.1. The van der Waals surface area contributed by atoms with Gasteiger partial charge in [0.05, 0.1) is 0 Å². The lowest BCUT2D eigenvalue weighted by atomic mass is 10.1. The van der Waals surface area contributed by atoms with Crippen LogP contribution in [-0.4, -0.2) is 35.8 Å². The summed E-state index contributed by atoms with van der Waals surface area (Å²) in [6, 6.07) is 1.86. The third-order valence-electron chi connectivity index (χ3n) is 2.66. The van der Waals surface area contributed by atoms with Crippen LogP contribution in [0.15, 0.2) is 23.6 Å². The van der Waals surface area contributed by atoms with Gasteiger partial charge in [0.15, 0.2) is 11.0 Å². The molecule has 96 valence electrons. The molecule has 0 spiro atoms. The van der Waals surface area contributed by atoms with Crippen LogP contribution >= 0.6 is 11.8 Å². The van der Waals surface area contributed by atoms with E-state index in [1.165, 1.54) is 16.3 Å². The molecule has 0 aliphatic rings. The standard InChI is InChI=1S/C11H11N7S/c1-6-5-13-4-3-7(6)8-14-10-16-11(19-2)15-9(12)18(10)17-8/h3-5H,1-2H3,(H2,12,14,15,16,17). The number of fused-ring (bicyclic) bond motifs is 1. The molecule has 0 aliphatic carbocycles. The van der Waals surface area contributed by atoms with Crippen molar-refractivity contribution in [3.63, 3.8) is 0 Å². The van der Waals surface area contributed by atoms with Crippen molar-refractivity contribution in [3.05, 3.63) is 24.0 Å². The molecule has 3 aromatic heterocycles. The topological polar surface area (TPSA) is 94.9 Å². The van der Waals surface area contributed by atoms with Gasteiger partial charge in [-0.1, -0.05) is 11.8 Å². The van der Waals surface area contributed by atoms with Crippen molar-refractivity contribution in [1.29, 1.82) is 0 Å². The van der Waals surface area contributed by atoms with Gasteiger partial charge in [0.2, 0.25) is 5.95 Å². The van der Waals surface area contributed by atoms with Crippen molar-refractivity contribution in [1.82, 2.24) is 29.5 Å². The van der Waals surface area contributed by atoms with Gasteiger partial charge in [0.1, 0.15) is 0 Å². The van der Waals surface area contributed by atoms with Gasteiger partial charge in [-0.05, 0) is 24.8 Å². The third-order valence-corrected chi connectivity index (χ3v) is 3.20. The number of anilines is 1. The maximum atomic E-state index is 5.85. The molecule has 0 saturated heterocycles. The number of hydrogen-bond donors (Lipinski definition) is 1. The molecule has 0 aromatic carbocycles. The Kier molecular flexibility index (Phi) is 2.79. The molecular weight excluding hydrogens is 262 g/mol. The fraction of sp³-hybridized carbons (Fsp3) is 0.182. The zero-order valence-corrected chi connectivity index (χ0v) is 11.2. The van der Waals surface area contributed by atoms with Gasteiger partial charge in [-0.2, -0.15) is 19.5 Å². The van der Waals surface area contributed by atoms with Gasteiger partial charge in [0.25, 0.3) is 5.78 Å². The summed E-state index contributed by atoms with van der Waals surface area (Å²) < 4.78 is 1.44. The highest BCUT2D eigenvalue weighted by atomic mass is 32.2. The van der Waals surface area contributed by atoms with E-state index in [-0.39, 0.29) is 5.95 Å². The minimum absolute atomic E-state index is 0.278. The Morgan fingerprint density at radius 1 is 1.26 bits per heavy atom. The smallest absolute Gasteiger partial charge is 0.258 e. The first-order valence-corrected chi connectivity index (χ1v) is 6.77. The van der Waals surface area contributed by atoms with Gasteiger partial charge in [-0.3, -0.25) is 4.98 Å². The molecule has 0 unspecified atom stereocenters. The lowest BCUT2D eigenvalue weighted by Crippen LogP contribution is -2.04. The van der Waals surface area contributed by atoms with E-state index in [0.29, 0.717) is 16.8 Å². The van der Waals surface area contributed by atoms with Crippen LogP contribution in [0.4, 0.5) is 5.95 Å². The second kappa shape index (κ2) is 4.47. The molecule has 0 radical (unpaired) electrons. The fourth-order valence-corrected chi connectivity index (χ4v) is 2.07. The Bertz CT molecular complexity index is 752. The summed E-state index contributed by atoms with van der Waals surface area (Å²) >= 11 is 1.41. The number of rotatable bonds is 2. The molecule has 7 nitrogen and oxygen atoms in total. The van der Waals surface area contributed by atoms with E-state index in [4.69, 9.17) is 5.73 Å². The minimum Gasteiger partial charge on any atom is -0.368 e. The van der Waals surface area contributed by atoms with Gasteiger partial charge < -0.3 is 5.73 Å². The molecule has 0 atom stereocenters. The lowest BCUT2D eigenvalue weighted by molar-refractivity contribution is 0.851. The number of nitrogen functional groups attached to an aromatic ring is 1. The zero-order valence-electron chi connectivity index (χ0n) is 10.4. The number of thioether (sulfide) groups is 1. The molecule has 0 aliphatic heterocycles. The van der Waals surface area contributed by atoms with Crippen LogP contribution in [0.5, 0.6) is 0 Å². The maximum Gasteiger partial charge on any atom is 0.258 e. The van der Waals surface area contributed by atoms with Crippen molar-refractivity contribution >= 4 is 23.5 Å². The van der Waals surface area contributed by atoms with Crippen LogP contribution < -0.4 is 5.73 Å². The van der Waals surface area contributed by atoms with Gasteiger partial charge in [0, 0.05) is 18.0 Å². The second-order valence-corrected chi connectivity index (χ2v) is 4.68. The highest BCUT2D eigenvalue weighted by molar-refractivity contribution is 7.98. The van der Waals surface area contributed by atoms with Crippen molar-refractivity contribution in [3.8, 4) is 11.4 Å². The van der Waals surface area contributed by atoms with Crippen LogP contribution in [0.3, 0.4) is 0 Å². The van der Waals surface area contributed by atoms with Crippen LogP contribution in [-0.2, 0) is 0 Å². The fourth-order valence-electron chi connectivity index (χ4n) is 1.72. The third kappa shape index (κ3) is 1.99. The summed E-state index contributed by atoms with van der Waals surface area (Å²) in [5.41, 5.74) is 7.75. The molecule has 2 N–H and O–H groups in total. The van der Waals surface area contributed by atoms with E-state index in [0.717, 1.165) is 11.1 Å². The van der Waals surface area contributed by atoms with Crippen LogP contribution in [0.25, 0.3) is 17.2 Å². The average molecular weight is 273 g/mol. The Labute approximate surface area is 113 Å². The van der Waals surface area contributed by atoms with E-state index in [2.05, 4.69) is 25.0 Å². The van der Waals surface area contributed by atoms with Crippen LogP contribution in [0, 0.1) is 6.92 Å². The van der Waals surface area contributed by atoms with E-state index in [9.17, 15) is 0 Å². The quantitative estimate of drug-likeness (QED) is 0.701. The van der Waals surface area contributed by atoms with Crippen LogP contribution in [0.1, 0.15) is 5.56 Å². The first-order valence-electron chi connectivity index (χ1n) is 5.54. The highest BCUT2D eigenvalue weighted by Gasteiger charge is 2.13. The number of nitrogens with zero attached hydrogens (tertiary/aromatic N) is 6. The van der Waals surface area contributed by atoms with Crippen molar-refractivity contribution < 1.29 is 0 Å². The minimum atomic E-state index is 0.278. The summed E-state index contributed by atoms with van der Waals surface area (Å²) in [5, 5.41) is 4.92. The predicted molar refractivity (Wildman–Crippen MR) is 72.7 cm³/mol. The van der Waals surface area contributed by atoms with E-state index in [1.54, 1.807) is 12.4 Å². The molecule has 0 amide bonds. The van der Waals surface area contributed by atoms with E-state index >= 15 is 0 Å². The largest absolute Gasteiger partial charge is 0.368 e. The van der Waals surface area contributed by atoms with Crippen molar-refractivity contribution in [2.24, 2.45) is 0 Å². The number of hydrogen-bond acceptors (Lipinski definition) is 7. The van der Waals surface area contributed by atoms with Gasteiger partial charge >= 0.3 is 0 Å². The molecule has 19 heavy (non-hydrogen) atoms. The molecule has 8 heteroatoms. The number of aromatic nitrogens is 6. The second-order valence-electron chi connectivity index (χ2n) is 3.91.